The van der Waals surface area contributed by atoms with Crippen LogP contribution in [0.5, 0.6) is 0 Å². The second-order valence-corrected chi connectivity index (χ2v) is 6.46. The summed E-state index contributed by atoms with van der Waals surface area (Å²) in [5.74, 6) is 0. The van der Waals surface area contributed by atoms with Crippen LogP contribution in [-0.4, -0.2) is 55.3 Å². The lowest BCUT2D eigenvalue weighted by Crippen LogP contribution is -2.48. The number of rotatable bonds is 3. The van der Waals surface area contributed by atoms with Crippen LogP contribution in [0.1, 0.15) is 6.92 Å². The molecule has 0 unspecified atom stereocenters. The summed E-state index contributed by atoms with van der Waals surface area (Å²) < 4.78 is 26.2. The van der Waals surface area contributed by atoms with Gasteiger partial charge in [0.15, 0.2) is 0 Å². The van der Waals surface area contributed by atoms with Gasteiger partial charge in [0.25, 0.3) is 0 Å². The van der Waals surface area contributed by atoms with E-state index in [1.165, 1.54) is 22.8 Å². The smallest absolute Gasteiger partial charge is 0.246 e. The predicted molar refractivity (Wildman–Crippen MR) is 70.1 cm³/mol. The molecule has 0 radical (unpaired) electrons. The molecule has 5 nitrogen and oxygen atoms in total. The van der Waals surface area contributed by atoms with Crippen molar-refractivity contribution >= 4 is 21.6 Å². The standard InChI is InChI=1S/C11H16ClN3O2S/c1-2-14-5-7-15(8-6-14)18(16,17)11-9-13-4-3-10(11)12/h3-4,9H,2,5-8H2,1H3. The quantitative estimate of drug-likeness (QED) is 0.835. The number of hydrogen-bond donors (Lipinski definition) is 0. The van der Waals surface area contributed by atoms with Crippen molar-refractivity contribution in [3.8, 4) is 0 Å². The van der Waals surface area contributed by atoms with E-state index in [9.17, 15) is 8.42 Å². The van der Waals surface area contributed by atoms with E-state index >= 15 is 0 Å². The average molecular weight is 290 g/mol. The Labute approximate surface area is 112 Å². The van der Waals surface area contributed by atoms with Crippen LogP contribution in [0.2, 0.25) is 5.02 Å². The fraction of sp³-hybridized carbons (Fsp3) is 0.545. The molecule has 7 heteroatoms. The summed E-state index contributed by atoms with van der Waals surface area (Å²) in [4.78, 5) is 6.15. The summed E-state index contributed by atoms with van der Waals surface area (Å²) in [7, 11) is -3.51. The third-order valence-corrected chi connectivity index (χ3v) is 5.50. The maximum Gasteiger partial charge on any atom is 0.246 e. The molecule has 18 heavy (non-hydrogen) atoms. The maximum absolute atomic E-state index is 12.4. The molecule has 0 spiro atoms. The first-order valence-corrected chi connectivity index (χ1v) is 7.69. The van der Waals surface area contributed by atoms with E-state index in [-0.39, 0.29) is 9.92 Å². The Balaban J connectivity index is 2.20. The van der Waals surface area contributed by atoms with Crippen LogP contribution in [0.25, 0.3) is 0 Å². The molecular weight excluding hydrogens is 274 g/mol. The van der Waals surface area contributed by atoms with Gasteiger partial charge in [-0.2, -0.15) is 4.31 Å². The van der Waals surface area contributed by atoms with Crippen molar-refractivity contribution < 1.29 is 8.42 Å². The predicted octanol–water partition coefficient (Wildman–Crippen LogP) is 1.06. The average Bonchev–Trinajstić information content (AvgIpc) is 2.39. The van der Waals surface area contributed by atoms with E-state index in [4.69, 9.17) is 11.6 Å². The van der Waals surface area contributed by atoms with Gasteiger partial charge in [0, 0.05) is 38.6 Å². The van der Waals surface area contributed by atoms with Crippen molar-refractivity contribution in [3.63, 3.8) is 0 Å². The number of pyridine rings is 1. The SMILES string of the molecule is CCN1CCN(S(=O)(=O)c2cnccc2Cl)CC1. The second-order valence-electron chi connectivity index (χ2n) is 4.14. The first-order chi connectivity index (χ1) is 8.55. The number of likely N-dealkylation sites (N-methyl/N-ethyl adjacent to an activating group) is 1. The van der Waals surface area contributed by atoms with Gasteiger partial charge in [0.05, 0.1) is 5.02 Å². The van der Waals surface area contributed by atoms with E-state index in [0.717, 1.165) is 19.6 Å². The lowest BCUT2D eigenvalue weighted by atomic mass is 10.4. The van der Waals surface area contributed by atoms with Crippen LogP contribution < -0.4 is 0 Å². The molecule has 1 aliphatic heterocycles. The van der Waals surface area contributed by atoms with Crippen LogP contribution in [0.4, 0.5) is 0 Å². The molecule has 0 saturated carbocycles. The van der Waals surface area contributed by atoms with Gasteiger partial charge >= 0.3 is 0 Å². The molecule has 100 valence electrons. The van der Waals surface area contributed by atoms with Crippen molar-refractivity contribution in [2.75, 3.05) is 32.7 Å². The molecule has 1 saturated heterocycles. The minimum Gasteiger partial charge on any atom is -0.301 e. The molecule has 2 heterocycles. The van der Waals surface area contributed by atoms with Crippen LogP contribution in [0, 0.1) is 0 Å². The Morgan fingerprint density at radius 2 is 2.00 bits per heavy atom. The van der Waals surface area contributed by atoms with E-state index in [1.54, 1.807) is 0 Å². The normalized spacial score (nSPS) is 19.0. The van der Waals surface area contributed by atoms with Gasteiger partial charge in [-0.3, -0.25) is 4.98 Å². The van der Waals surface area contributed by atoms with Gasteiger partial charge in [-0.15, -0.1) is 0 Å². The van der Waals surface area contributed by atoms with E-state index in [2.05, 4.69) is 16.8 Å². The molecule has 0 amide bonds. The summed E-state index contributed by atoms with van der Waals surface area (Å²) in [6.45, 7) is 5.54. The number of nitrogens with zero attached hydrogens (tertiary/aromatic N) is 3. The molecule has 1 aliphatic rings. The third kappa shape index (κ3) is 2.66. The molecule has 0 aliphatic carbocycles. The van der Waals surface area contributed by atoms with Gasteiger partial charge in [-0.05, 0) is 12.6 Å². The van der Waals surface area contributed by atoms with E-state index in [1.807, 2.05) is 0 Å². The summed E-state index contributed by atoms with van der Waals surface area (Å²) in [5, 5.41) is 0.225. The van der Waals surface area contributed by atoms with Crippen molar-refractivity contribution in [1.29, 1.82) is 0 Å². The summed E-state index contributed by atoms with van der Waals surface area (Å²) >= 11 is 5.93. The topological polar surface area (TPSA) is 53.5 Å². The van der Waals surface area contributed by atoms with E-state index < -0.39 is 10.0 Å². The fourth-order valence-electron chi connectivity index (χ4n) is 1.98. The largest absolute Gasteiger partial charge is 0.301 e. The van der Waals surface area contributed by atoms with Crippen LogP contribution in [0.15, 0.2) is 23.4 Å². The van der Waals surface area contributed by atoms with Crippen molar-refractivity contribution in [2.24, 2.45) is 0 Å². The Hall–Kier alpha value is -0.690. The molecule has 2 rings (SSSR count). The highest BCUT2D eigenvalue weighted by Crippen LogP contribution is 2.23. The Kier molecular flexibility index (Phi) is 4.21. The zero-order valence-corrected chi connectivity index (χ0v) is 11.8. The first kappa shape index (κ1) is 13.7. The van der Waals surface area contributed by atoms with Crippen molar-refractivity contribution in [1.82, 2.24) is 14.2 Å². The van der Waals surface area contributed by atoms with Crippen LogP contribution >= 0.6 is 11.6 Å². The van der Waals surface area contributed by atoms with Gasteiger partial charge in [0.1, 0.15) is 4.90 Å². The second kappa shape index (κ2) is 5.52. The van der Waals surface area contributed by atoms with Gasteiger partial charge in [-0.25, -0.2) is 8.42 Å². The van der Waals surface area contributed by atoms with Gasteiger partial charge in [0.2, 0.25) is 10.0 Å². The monoisotopic (exact) mass is 289 g/mol. The van der Waals surface area contributed by atoms with E-state index in [0.29, 0.717) is 13.1 Å². The molecule has 1 aromatic heterocycles. The summed E-state index contributed by atoms with van der Waals surface area (Å²) in [5.41, 5.74) is 0. The summed E-state index contributed by atoms with van der Waals surface area (Å²) in [6, 6.07) is 1.50. The minimum absolute atomic E-state index is 0.0941. The van der Waals surface area contributed by atoms with Crippen LogP contribution in [-0.2, 0) is 10.0 Å². The highest BCUT2D eigenvalue weighted by atomic mass is 35.5. The number of sulfonamides is 1. The molecule has 1 fully saturated rings. The highest BCUT2D eigenvalue weighted by Gasteiger charge is 2.29. The Morgan fingerprint density at radius 3 is 2.56 bits per heavy atom. The number of halogens is 1. The minimum atomic E-state index is -3.51. The molecular formula is C11H16ClN3O2S. The Morgan fingerprint density at radius 1 is 1.33 bits per heavy atom. The number of piperazine rings is 1. The maximum atomic E-state index is 12.4. The van der Waals surface area contributed by atoms with Crippen molar-refractivity contribution in [3.05, 3.63) is 23.5 Å². The first-order valence-electron chi connectivity index (χ1n) is 5.87. The van der Waals surface area contributed by atoms with Crippen molar-refractivity contribution in [2.45, 2.75) is 11.8 Å². The third-order valence-electron chi connectivity index (χ3n) is 3.13. The summed E-state index contributed by atoms with van der Waals surface area (Å²) in [6.07, 6.45) is 2.79. The highest BCUT2D eigenvalue weighted by molar-refractivity contribution is 7.89. The zero-order valence-electron chi connectivity index (χ0n) is 10.2. The molecule has 0 atom stereocenters. The fourth-order valence-corrected chi connectivity index (χ4v) is 3.81. The van der Waals surface area contributed by atoms with Gasteiger partial charge in [-0.1, -0.05) is 18.5 Å². The lowest BCUT2D eigenvalue weighted by Gasteiger charge is -2.33. The molecule has 0 N–H and O–H groups in total. The number of aromatic nitrogens is 1. The lowest BCUT2D eigenvalue weighted by molar-refractivity contribution is 0.196. The molecule has 1 aromatic rings. The number of hydrogen-bond acceptors (Lipinski definition) is 4. The molecule has 0 bridgehead atoms. The zero-order chi connectivity index (χ0) is 13.2. The molecule has 0 aromatic carbocycles. The Bertz CT molecular complexity index is 513. The van der Waals surface area contributed by atoms with Gasteiger partial charge < -0.3 is 4.90 Å². The van der Waals surface area contributed by atoms with Crippen LogP contribution in [0.3, 0.4) is 0 Å².